The van der Waals surface area contributed by atoms with Gasteiger partial charge in [0.15, 0.2) is 5.54 Å². The van der Waals surface area contributed by atoms with Crippen LogP contribution in [0.25, 0.3) is 0 Å². The van der Waals surface area contributed by atoms with Gasteiger partial charge in [-0.1, -0.05) is 119 Å². The standard InChI is InChI=1S/C34H49NO7/c1-2-3-4-15-22-30(37)23-16-7-5-6-8-17-24-31(38)34(27-36,32(39)41-25-28-18-11-9-12-19-28)35-33(40)42-26-29-20-13-10-14-21-29/h9-14,18-21,31,36,38H,2-8,15-17,22-27H2,1H3,(H,35,40)/t31-,34+/m1/s1. The van der Waals surface area contributed by atoms with Crippen molar-refractivity contribution in [2.75, 3.05) is 6.61 Å². The molecule has 0 heterocycles. The summed E-state index contributed by atoms with van der Waals surface area (Å²) in [6.07, 6.45) is 8.81. The fourth-order valence-electron chi connectivity index (χ4n) is 4.76. The second kappa shape index (κ2) is 20.6. The van der Waals surface area contributed by atoms with Crippen LogP contribution in [0.15, 0.2) is 60.7 Å². The van der Waals surface area contributed by atoms with Crippen molar-refractivity contribution in [1.82, 2.24) is 5.32 Å². The number of hydrogen-bond acceptors (Lipinski definition) is 7. The van der Waals surface area contributed by atoms with Gasteiger partial charge in [-0.2, -0.15) is 0 Å². The highest BCUT2D eigenvalue weighted by Gasteiger charge is 2.48. The Labute approximate surface area is 250 Å². The van der Waals surface area contributed by atoms with Crippen molar-refractivity contribution < 1.29 is 34.1 Å². The van der Waals surface area contributed by atoms with Gasteiger partial charge in [-0.15, -0.1) is 0 Å². The number of carbonyl (C=O) groups is 3. The number of ketones is 1. The minimum Gasteiger partial charge on any atom is -0.459 e. The second-order valence-electron chi connectivity index (χ2n) is 10.9. The molecule has 0 saturated carbocycles. The molecule has 0 radical (unpaired) electrons. The van der Waals surface area contributed by atoms with Crippen LogP contribution in [0.1, 0.15) is 102 Å². The van der Waals surface area contributed by atoms with E-state index in [-0.39, 0.29) is 19.6 Å². The Balaban J connectivity index is 1.84. The number of ether oxygens (including phenoxy) is 2. The molecule has 0 aliphatic heterocycles. The average Bonchev–Trinajstić information content (AvgIpc) is 3.02. The molecule has 2 aromatic carbocycles. The van der Waals surface area contributed by atoms with Gasteiger partial charge in [0, 0.05) is 12.8 Å². The van der Waals surface area contributed by atoms with Gasteiger partial charge in [0.05, 0.1) is 12.7 Å². The molecule has 0 spiro atoms. The summed E-state index contributed by atoms with van der Waals surface area (Å²) in [4.78, 5) is 37.9. The maximum atomic E-state index is 13.2. The molecule has 8 heteroatoms. The molecule has 232 valence electrons. The lowest BCUT2D eigenvalue weighted by atomic mass is 9.89. The molecule has 0 unspecified atom stereocenters. The van der Waals surface area contributed by atoms with Crippen molar-refractivity contribution >= 4 is 17.8 Å². The SMILES string of the molecule is CCCCCCC(=O)CCCCCCCC[C@@H](O)[C@](CO)(NC(=O)OCc1ccccc1)C(=O)OCc1ccccc1. The fourth-order valence-corrected chi connectivity index (χ4v) is 4.76. The zero-order chi connectivity index (χ0) is 30.5. The monoisotopic (exact) mass is 583 g/mol. The number of unbranched alkanes of at least 4 members (excludes halogenated alkanes) is 8. The van der Waals surface area contributed by atoms with Gasteiger partial charge in [0.1, 0.15) is 19.0 Å². The maximum Gasteiger partial charge on any atom is 0.408 e. The van der Waals surface area contributed by atoms with E-state index in [0.717, 1.165) is 56.1 Å². The fraction of sp³-hybridized carbons (Fsp3) is 0.559. The van der Waals surface area contributed by atoms with Crippen molar-refractivity contribution in [3.05, 3.63) is 71.8 Å². The van der Waals surface area contributed by atoms with Crippen LogP contribution >= 0.6 is 0 Å². The van der Waals surface area contributed by atoms with E-state index in [4.69, 9.17) is 9.47 Å². The Kier molecular flexibility index (Phi) is 17.2. The lowest BCUT2D eigenvalue weighted by Gasteiger charge is -2.34. The summed E-state index contributed by atoms with van der Waals surface area (Å²) in [7, 11) is 0. The van der Waals surface area contributed by atoms with Crippen molar-refractivity contribution in [3.63, 3.8) is 0 Å². The number of esters is 1. The quantitative estimate of drug-likeness (QED) is 0.108. The van der Waals surface area contributed by atoms with E-state index in [2.05, 4.69) is 12.2 Å². The first-order chi connectivity index (χ1) is 20.4. The predicted octanol–water partition coefficient (Wildman–Crippen LogP) is 6.41. The Morgan fingerprint density at radius 2 is 1.24 bits per heavy atom. The molecule has 0 aliphatic carbocycles. The molecule has 1 amide bonds. The average molecular weight is 584 g/mol. The third kappa shape index (κ3) is 13.2. The Morgan fingerprint density at radius 3 is 1.79 bits per heavy atom. The van der Waals surface area contributed by atoms with E-state index in [0.29, 0.717) is 25.0 Å². The molecule has 8 nitrogen and oxygen atoms in total. The Bertz CT molecular complexity index is 1030. The number of Topliss-reactive ketones (excluding diaryl/α,β-unsaturated/α-hetero) is 1. The minimum absolute atomic E-state index is 0.0339. The third-order valence-corrected chi connectivity index (χ3v) is 7.43. The van der Waals surface area contributed by atoms with E-state index in [1.807, 2.05) is 36.4 Å². The normalized spacial score (nSPS) is 13.1. The molecule has 2 rings (SSSR count). The van der Waals surface area contributed by atoms with Crippen LogP contribution in [0.4, 0.5) is 4.79 Å². The second-order valence-corrected chi connectivity index (χ2v) is 10.9. The van der Waals surface area contributed by atoms with Crippen LogP contribution in [0.3, 0.4) is 0 Å². The van der Waals surface area contributed by atoms with Crippen molar-refractivity contribution in [2.45, 2.75) is 115 Å². The molecular formula is C34H49NO7. The lowest BCUT2D eigenvalue weighted by Crippen LogP contribution is -2.65. The highest BCUT2D eigenvalue weighted by molar-refractivity contribution is 5.87. The van der Waals surface area contributed by atoms with Crippen molar-refractivity contribution in [1.29, 1.82) is 0 Å². The van der Waals surface area contributed by atoms with Gasteiger partial charge >= 0.3 is 12.1 Å². The van der Waals surface area contributed by atoms with Gasteiger partial charge in [-0.3, -0.25) is 4.79 Å². The highest BCUT2D eigenvalue weighted by Crippen LogP contribution is 2.21. The van der Waals surface area contributed by atoms with Crippen molar-refractivity contribution in [3.8, 4) is 0 Å². The van der Waals surface area contributed by atoms with E-state index in [1.54, 1.807) is 24.3 Å². The molecule has 0 fully saturated rings. The zero-order valence-electron chi connectivity index (χ0n) is 25.1. The van der Waals surface area contributed by atoms with Crippen LogP contribution in [0, 0.1) is 0 Å². The number of amides is 1. The van der Waals surface area contributed by atoms with Gasteiger partial charge in [0.25, 0.3) is 0 Å². The van der Waals surface area contributed by atoms with Gasteiger partial charge in [-0.05, 0) is 30.4 Å². The minimum atomic E-state index is -2.07. The summed E-state index contributed by atoms with van der Waals surface area (Å²) in [5.74, 6) is -0.583. The molecule has 0 aromatic heterocycles. The van der Waals surface area contributed by atoms with Crippen LogP contribution < -0.4 is 5.32 Å². The number of rotatable bonds is 22. The summed E-state index contributed by atoms with van der Waals surface area (Å²) in [6.45, 7) is 1.20. The van der Waals surface area contributed by atoms with Gasteiger partial charge in [0.2, 0.25) is 0 Å². The largest absolute Gasteiger partial charge is 0.459 e. The number of aliphatic hydroxyl groups is 2. The van der Waals surface area contributed by atoms with Crippen LogP contribution in [0.5, 0.6) is 0 Å². The number of alkyl carbamates (subject to hydrolysis) is 1. The number of aliphatic hydroxyl groups excluding tert-OH is 2. The molecule has 0 aliphatic rings. The summed E-state index contributed by atoms with van der Waals surface area (Å²) in [5, 5.41) is 23.8. The number of hydrogen-bond donors (Lipinski definition) is 3. The molecule has 0 bridgehead atoms. The molecule has 3 N–H and O–H groups in total. The van der Waals surface area contributed by atoms with Crippen LogP contribution in [-0.4, -0.2) is 46.3 Å². The molecule has 42 heavy (non-hydrogen) atoms. The lowest BCUT2D eigenvalue weighted by molar-refractivity contribution is -0.161. The van der Waals surface area contributed by atoms with Gasteiger partial charge in [-0.25, -0.2) is 9.59 Å². The highest BCUT2D eigenvalue weighted by atomic mass is 16.6. The molecule has 2 aromatic rings. The Hall–Kier alpha value is -3.23. The third-order valence-electron chi connectivity index (χ3n) is 7.43. The molecule has 0 saturated heterocycles. The summed E-state index contributed by atoms with van der Waals surface area (Å²) < 4.78 is 10.7. The van der Waals surface area contributed by atoms with E-state index < -0.39 is 30.3 Å². The van der Waals surface area contributed by atoms with Gasteiger partial charge < -0.3 is 25.0 Å². The Morgan fingerprint density at radius 1 is 0.738 bits per heavy atom. The smallest absolute Gasteiger partial charge is 0.408 e. The number of benzene rings is 2. The topological polar surface area (TPSA) is 122 Å². The maximum absolute atomic E-state index is 13.2. The first kappa shape index (κ1) is 35.0. The summed E-state index contributed by atoms with van der Waals surface area (Å²) >= 11 is 0. The van der Waals surface area contributed by atoms with Crippen LogP contribution in [0.2, 0.25) is 0 Å². The van der Waals surface area contributed by atoms with Crippen molar-refractivity contribution in [2.24, 2.45) is 0 Å². The summed E-state index contributed by atoms with van der Waals surface area (Å²) in [5.41, 5.74) is -0.581. The zero-order valence-corrected chi connectivity index (χ0v) is 25.1. The first-order valence-corrected chi connectivity index (χ1v) is 15.4. The molecule has 2 atom stereocenters. The first-order valence-electron chi connectivity index (χ1n) is 15.4. The van der Waals surface area contributed by atoms with E-state index in [9.17, 15) is 24.6 Å². The van der Waals surface area contributed by atoms with E-state index in [1.165, 1.54) is 12.8 Å². The predicted molar refractivity (Wildman–Crippen MR) is 163 cm³/mol. The molecular weight excluding hydrogens is 534 g/mol. The van der Waals surface area contributed by atoms with E-state index >= 15 is 0 Å². The summed E-state index contributed by atoms with van der Waals surface area (Å²) in [6, 6.07) is 18.1. The number of nitrogens with one attached hydrogen (secondary N) is 1. The number of carbonyl (C=O) groups excluding carboxylic acids is 3. The van der Waals surface area contributed by atoms with Crippen LogP contribution in [-0.2, 0) is 32.3 Å².